The van der Waals surface area contributed by atoms with E-state index in [1.54, 1.807) is 6.92 Å². The number of hydrogen-bond acceptors (Lipinski definition) is 6. The minimum atomic E-state index is -4.20. The number of carbonyl (C=O) groups is 1. The molecule has 20 heavy (non-hydrogen) atoms. The maximum atomic E-state index is 11.5. The van der Waals surface area contributed by atoms with Crippen molar-refractivity contribution in [1.82, 2.24) is 0 Å². The van der Waals surface area contributed by atoms with Gasteiger partial charge in [-0.3, -0.25) is 13.8 Å². The summed E-state index contributed by atoms with van der Waals surface area (Å²) in [4.78, 5) is 20.2. The number of likely N-dealkylation sites (N-methyl/N-ethyl adjacent to an activating group) is 1. The van der Waals surface area contributed by atoms with Crippen molar-refractivity contribution in [3.8, 4) is 0 Å². The molecule has 0 aromatic heterocycles. The summed E-state index contributed by atoms with van der Waals surface area (Å²) in [5.41, 5.74) is 0. The Morgan fingerprint density at radius 3 is 2.35 bits per heavy atom. The molecule has 0 aliphatic heterocycles. The van der Waals surface area contributed by atoms with Crippen LogP contribution < -0.4 is 0 Å². The summed E-state index contributed by atoms with van der Waals surface area (Å²) in [7, 11) is 1.55. The van der Waals surface area contributed by atoms with Crippen molar-refractivity contribution in [2.45, 2.75) is 19.4 Å². The van der Waals surface area contributed by atoms with Gasteiger partial charge in [-0.1, -0.05) is 6.92 Å². The lowest BCUT2D eigenvalue weighted by Crippen LogP contribution is -2.37. The average molecular weight is 314 g/mol. The van der Waals surface area contributed by atoms with Crippen LogP contribution in [0.1, 0.15) is 13.3 Å². The Kier molecular flexibility index (Phi) is 8.50. The Labute approximate surface area is 119 Å². The Bertz CT molecular complexity index is 342. The number of esters is 1. The second-order valence-electron chi connectivity index (χ2n) is 5.30. The zero-order chi connectivity index (χ0) is 15.8. The van der Waals surface area contributed by atoms with E-state index >= 15 is 0 Å². The number of carbonyl (C=O) groups excluding carboxylic acids is 1. The topological polar surface area (TPSA) is 102 Å². The first-order valence-electron chi connectivity index (χ1n) is 6.32. The van der Waals surface area contributed by atoms with Crippen molar-refractivity contribution >= 4 is 13.8 Å². The summed E-state index contributed by atoms with van der Waals surface area (Å²) in [6.45, 7) is 1.47. The van der Waals surface area contributed by atoms with Gasteiger partial charge in [-0.15, -0.1) is 0 Å². The van der Waals surface area contributed by atoms with Gasteiger partial charge in [0.05, 0.1) is 27.7 Å². The number of quaternary nitrogens is 1. The zero-order valence-corrected chi connectivity index (χ0v) is 13.3. The number of ether oxygens (including phenoxy) is 1. The zero-order valence-electron chi connectivity index (χ0n) is 12.4. The van der Waals surface area contributed by atoms with Crippen LogP contribution >= 0.6 is 7.82 Å². The highest BCUT2D eigenvalue weighted by atomic mass is 31.2. The Balaban J connectivity index is 3.91. The molecule has 0 fully saturated rings. The Morgan fingerprint density at radius 1 is 1.25 bits per heavy atom. The van der Waals surface area contributed by atoms with E-state index in [0.29, 0.717) is 11.0 Å². The van der Waals surface area contributed by atoms with Crippen LogP contribution in [-0.4, -0.2) is 74.1 Å². The monoisotopic (exact) mass is 314 g/mol. The van der Waals surface area contributed by atoms with Gasteiger partial charge in [-0.25, -0.2) is 4.57 Å². The van der Waals surface area contributed by atoms with E-state index < -0.39 is 26.5 Å². The predicted octanol–water partition coefficient (Wildman–Crippen LogP) is 0.140. The van der Waals surface area contributed by atoms with E-state index in [4.69, 9.17) is 4.52 Å². The number of phosphoric acid groups is 1. The number of aliphatic hydroxyl groups excluding tert-OH is 1. The van der Waals surface area contributed by atoms with E-state index in [0.717, 1.165) is 0 Å². The lowest BCUT2D eigenvalue weighted by Gasteiger charge is -2.24. The third-order valence-electron chi connectivity index (χ3n) is 2.17. The second-order valence-corrected chi connectivity index (χ2v) is 6.76. The lowest BCUT2D eigenvalue weighted by atomic mass is 10.4. The Morgan fingerprint density at radius 2 is 1.85 bits per heavy atom. The van der Waals surface area contributed by atoms with Crippen LogP contribution in [0.4, 0.5) is 0 Å². The molecule has 0 rings (SSSR count). The highest BCUT2D eigenvalue weighted by molar-refractivity contribution is 7.47. The molecule has 0 saturated heterocycles. The molecule has 2 unspecified atom stereocenters. The quantitative estimate of drug-likeness (QED) is 0.336. The van der Waals surface area contributed by atoms with Crippen LogP contribution in [0, 0.1) is 0 Å². The molecule has 2 N–H and O–H groups in total. The van der Waals surface area contributed by atoms with E-state index in [-0.39, 0.29) is 19.6 Å². The lowest BCUT2D eigenvalue weighted by molar-refractivity contribution is -0.870. The molecule has 0 radical (unpaired) electrons. The summed E-state index contributed by atoms with van der Waals surface area (Å²) in [5.74, 6) is -0.463. The van der Waals surface area contributed by atoms with Crippen molar-refractivity contribution < 1.29 is 37.6 Å². The average Bonchev–Trinajstić information content (AvgIpc) is 2.31. The standard InChI is InChI=1S/C11H24NO7P/c1-5-11(14)17-8-10(13)9-19-20(15,16)18-7-6-12(2,3)4/h10,13H,5-9H2,1-4H3/p+1. The summed E-state index contributed by atoms with van der Waals surface area (Å²) in [6, 6.07) is 0. The number of phosphoric ester groups is 1. The third kappa shape index (κ3) is 11.3. The molecule has 120 valence electrons. The van der Waals surface area contributed by atoms with Gasteiger partial charge >= 0.3 is 13.8 Å². The van der Waals surface area contributed by atoms with Crippen LogP contribution in [0.5, 0.6) is 0 Å². The molecule has 0 aromatic carbocycles. The van der Waals surface area contributed by atoms with E-state index in [1.165, 1.54) is 0 Å². The highest BCUT2D eigenvalue weighted by Crippen LogP contribution is 2.43. The van der Waals surface area contributed by atoms with Gasteiger partial charge in [0.15, 0.2) is 0 Å². The number of hydrogen-bond donors (Lipinski definition) is 2. The molecule has 2 atom stereocenters. The van der Waals surface area contributed by atoms with E-state index in [1.807, 2.05) is 21.1 Å². The number of rotatable bonds is 10. The van der Waals surface area contributed by atoms with Crippen molar-refractivity contribution in [3.63, 3.8) is 0 Å². The fourth-order valence-corrected chi connectivity index (χ4v) is 1.73. The van der Waals surface area contributed by atoms with Gasteiger partial charge < -0.3 is 19.2 Å². The minimum Gasteiger partial charge on any atom is -0.463 e. The maximum Gasteiger partial charge on any atom is 0.472 e. The van der Waals surface area contributed by atoms with Gasteiger partial charge in [-0.2, -0.15) is 0 Å². The van der Waals surface area contributed by atoms with Gasteiger partial charge in [0.1, 0.15) is 25.9 Å². The van der Waals surface area contributed by atoms with E-state index in [2.05, 4.69) is 9.26 Å². The van der Waals surface area contributed by atoms with Crippen LogP contribution in [0.15, 0.2) is 0 Å². The molecule has 0 heterocycles. The molecule has 0 bridgehead atoms. The normalized spacial score (nSPS) is 16.5. The van der Waals surface area contributed by atoms with E-state index in [9.17, 15) is 19.4 Å². The van der Waals surface area contributed by atoms with Gasteiger partial charge in [-0.05, 0) is 0 Å². The fourth-order valence-electron chi connectivity index (χ4n) is 0.987. The predicted molar refractivity (Wildman–Crippen MR) is 71.9 cm³/mol. The Hall–Kier alpha value is -0.500. The molecule has 0 spiro atoms. The van der Waals surface area contributed by atoms with Crippen molar-refractivity contribution in [2.75, 3.05) is 47.5 Å². The van der Waals surface area contributed by atoms with Crippen molar-refractivity contribution in [2.24, 2.45) is 0 Å². The second kappa shape index (κ2) is 8.71. The van der Waals surface area contributed by atoms with Crippen LogP contribution in [0.25, 0.3) is 0 Å². The summed E-state index contributed by atoms with van der Waals surface area (Å²) < 4.78 is 26.1. The summed E-state index contributed by atoms with van der Waals surface area (Å²) in [6.07, 6.45) is -0.978. The first-order valence-corrected chi connectivity index (χ1v) is 7.81. The van der Waals surface area contributed by atoms with Gasteiger partial charge in [0, 0.05) is 6.42 Å². The van der Waals surface area contributed by atoms with Crippen LogP contribution in [0.3, 0.4) is 0 Å². The third-order valence-corrected chi connectivity index (χ3v) is 3.16. The van der Waals surface area contributed by atoms with Crippen LogP contribution in [-0.2, 0) is 23.1 Å². The molecule has 9 heteroatoms. The molecule has 0 saturated carbocycles. The summed E-state index contributed by atoms with van der Waals surface area (Å²) >= 11 is 0. The smallest absolute Gasteiger partial charge is 0.463 e. The minimum absolute atomic E-state index is 0.0538. The molecule has 0 aliphatic carbocycles. The maximum absolute atomic E-state index is 11.5. The van der Waals surface area contributed by atoms with Crippen LogP contribution in [0.2, 0.25) is 0 Å². The molecular weight excluding hydrogens is 289 g/mol. The molecule has 0 aliphatic rings. The highest BCUT2D eigenvalue weighted by Gasteiger charge is 2.24. The number of nitrogens with zero attached hydrogens (tertiary/aromatic N) is 1. The molecule has 0 aromatic rings. The first kappa shape index (κ1) is 19.5. The van der Waals surface area contributed by atoms with Gasteiger partial charge in [0.2, 0.25) is 0 Å². The summed E-state index contributed by atoms with van der Waals surface area (Å²) in [5, 5.41) is 9.42. The van der Waals surface area contributed by atoms with Crippen molar-refractivity contribution in [3.05, 3.63) is 0 Å². The fraction of sp³-hybridized carbons (Fsp3) is 0.909. The molecular formula is C11H25NO7P+. The molecule has 0 amide bonds. The van der Waals surface area contributed by atoms with Crippen molar-refractivity contribution in [1.29, 1.82) is 0 Å². The largest absolute Gasteiger partial charge is 0.472 e. The van der Waals surface area contributed by atoms with Gasteiger partial charge in [0.25, 0.3) is 0 Å². The number of aliphatic hydroxyl groups is 1. The SMILES string of the molecule is CCC(=O)OCC(O)COP(=O)(O)OCC[N+](C)(C)C. The molecule has 8 nitrogen and oxygen atoms in total. The first-order chi connectivity index (χ1) is 9.06.